The van der Waals surface area contributed by atoms with Crippen molar-refractivity contribution in [1.82, 2.24) is 10.1 Å². The Hall–Kier alpha value is -2.24. The van der Waals surface area contributed by atoms with Gasteiger partial charge < -0.3 is 20.3 Å². The van der Waals surface area contributed by atoms with E-state index in [4.69, 9.17) is 10.3 Å². The third-order valence-corrected chi connectivity index (χ3v) is 3.06. The molecular weight excluding hydrogens is 232 g/mol. The Kier molecular flexibility index (Phi) is 2.55. The molecule has 18 heavy (non-hydrogen) atoms. The average molecular weight is 246 g/mol. The van der Waals surface area contributed by atoms with Crippen molar-refractivity contribution in [3.63, 3.8) is 0 Å². The summed E-state index contributed by atoms with van der Waals surface area (Å²) in [6, 6.07) is 4.83. The highest BCUT2D eigenvalue weighted by molar-refractivity contribution is 5.66. The van der Waals surface area contributed by atoms with E-state index < -0.39 is 0 Å². The number of phenols is 1. The molecule has 6 heteroatoms. The van der Waals surface area contributed by atoms with Gasteiger partial charge >= 0.3 is 0 Å². The molecule has 1 aromatic heterocycles. The summed E-state index contributed by atoms with van der Waals surface area (Å²) >= 11 is 0. The van der Waals surface area contributed by atoms with Crippen LogP contribution in [-0.4, -0.2) is 28.3 Å². The van der Waals surface area contributed by atoms with Crippen LogP contribution in [0.1, 0.15) is 12.8 Å². The SMILES string of the molecule is Nc1ccc(-c2nc(N3CCCC3)no2)c(O)c1. The smallest absolute Gasteiger partial charge is 0.266 e. The quantitative estimate of drug-likeness (QED) is 0.783. The maximum atomic E-state index is 9.80. The zero-order chi connectivity index (χ0) is 12.5. The number of aromatic hydroxyl groups is 1. The first-order valence-electron chi connectivity index (χ1n) is 5.91. The van der Waals surface area contributed by atoms with Gasteiger partial charge in [0.2, 0.25) is 0 Å². The molecule has 1 saturated heterocycles. The molecule has 1 aliphatic heterocycles. The van der Waals surface area contributed by atoms with Gasteiger partial charge in [-0.05, 0) is 30.1 Å². The number of hydrogen-bond acceptors (Lipinski definition) is 6. The Balaban J connectivity index is 1.92. The number of benzene rings is 1. The van der Waals surface area contributed by atoms with E-state index in [0.29, 0.717) is 23.1 Å². The van der Waals surface area contributed by atoms with E-state index in [1.807, 2.05) is 0 Å². The second-order valence-electron chi connectivity index (χ2n) is 4.37. The zero-order valence-electron chi connectivity index (χ0n) is 9.83. The Morgan fingerprint density at radius 2 is 2.06 bits per heavy atom. The Bertz CT molecular complexity index is 561. The van der Waals surface area contributed by atoms with Crippen molar-refractivity contribution in [2.45, 2.75) is 12.8 Å². The number of rotatable bonds is 2. The van der Waals surface area contributed by atoms with E-state index in [0.717, 1.165) is 25.9 Å². The van der Waals surface area contributed by atoms with Crippen LogP contribution >= 0.6 is 0 Å². The lowest BCUT2D eigenvalue weighted by molar-refractivity contribution is 0.424. The van der Waals surface area contributed by atoms with Gasteiger partial charge in [0.15, 0.2) is 0 Å². The maximum absolute atomic E-state index is 9.80. The highest BCUT2D eigenvalue weighted by Gasteiger charge is 2.19. The normalized spacial score (nSPS) is 15.2. The van der Waals surface area contributed by atoms with Crippen LogP contribution in [0.4, 0.5) is 11.6 Å². The number of anilines is 2. The van der Waals surface area contributed by atoms with Crippen LogP contribution in [0.5, 0.6) is 5.75 Å². The van der Waals surface area contributed by atoms with Crippen molar-refractivity contribution in [3.8, 4) is 17.2 Å². The molecule has 6 nitrogen and oxygen atoms in total. The molecule has 0 unspecified atom stereocenters. The molecule has 0 bridgehead atoms. The number of aromatic nitrogens is 2. The Morgan fingerprint density at radius 1 is 1.28 bits per heavy atom. The minimum atomic E-state index is 0.0478. The van der Waals surface area contributed by atoms with E-state index in [9.17, 15) is 5.11 Å². The van der Waals surface area contributed by atoms with Crippen molar-refractivity contribution >= 4 is 11.6 Å². The molecule has 2 aromatic rings. The Labute approximate surface area is 104 Å². The van der Waals surface area contributed by atoms with Crippen LogP contribution in [0.15, 0.2) is 22.7 Å². The topological polar surface area (TPSA) is 88.4 Å². The van der Waals surface area contributed by atoms with Crippen LogP contribution in [0, 0.1) is 0 Å². The lowest BCUT2D eigenvalue weighted by Crippen LogP contribution is -2.18. The molecule has 0 atom stereocenters. The molecule has 2 heterocycles. The fourth-order valence-corrected chi connectivity index (χ4v) is 2.10. The largest absolute Gasteiger partial charge is 0.507 e. The fraction of sp³-hybridized carbons (Fsp3) is 0.333. The van der Waals surface area contributed by atoms with Crippen LogP contribution in [-0.2, 0) is 0 Å². The fourth-order valence-electron chi connectivity index (χ4n) is 2.10. The summed E-state index contributed by atoms with van der Waals surface area (Å²) in [6.45, 7) is 1.90. The predicted octanol–water partition coefficient (Wildman–Crippen LogP) is 1.62. The van der Waals surface area contributed by atoms with Crippen LogP contribution in [0.25, 0.3) is 11.5 Å². The van der Waals surface area contributed by atoms with Gasteiger partial charge in [0.05, 0.1) is 5.56 Å². The first kappa shape index (κ1) is 10.9. The van der Waals surface area contributed by atoms with Crippen molar-refractivity contribution in [3.05, 3.63) is 18.2 Å². The third-order valence-electron chi connectivity index (χ3n) is 3.06. The zero-order valence-corrected chi connectivity index (χ0v) is 9.83. The Morgan fingerprint density at radius 3 is 2.78 bits per heavy atom. The van der Waals surface area contributed by atoms with Crippen molar-refractivity contribution in [1.29, 1.82) is 0 Å². The van der Waals surface area contributed by atoms with Gasteiger partial charge in [0.1, 0.15) is 5.75 Å². The van der Waals surface area contributed by atoms with E-state index in [-0.39, 0.29) is 5.75 Å². The summed E-state index contributed by atoms with van der Waals surface area (Å²) in [5, 5.41) is 13.7. The van der Waals surface area contributed by atoms with Crippen LogP contribution in [0.3, 0.4) is 0 Å². The van der Waals surface area contributed by atoms with Gasteiger partial charge in [0, 0.05) is 24.8 Å². The molecule has 0 aliphatic carbocycles. The maximum Gasteiger partial charge on any atom is 0.266 e. The molecule has 1 fully saturated rings. The number of nitrogens with zero attached hydrogens (tertiary/aromatic N) is 3. The van der Waals surface area contributed by atoms with Gasteiger partial charge in [-0.25, -0.2) is 0 Å². The van der Waals surface area contributed by atoms with Gasteiger partial charge in [-0.2, -0.15) is 4.98 Å². The van der Waals surface area contributed by atoms with Gasteiger partial charge in [-0.15, -0.1) is 0 Å². The summed E-state index contributed by atoms with van der Waals surface area (Å²) in [5.41, 5.74) is 6.57. The highest BCUT2D eigenvalue weighted by Crippen LogP contribution is 2.30. The standard InChI is InChI=1S/C12H14N4O2/c13-8-3-4-9(10(17)7-8)11-14-12(15-18-11)16-5-1-2-6-16/h3-4,7,17H,1-2,5-6,13H2. The summed E-state index contributed by atoms with van der Waals surface area (Å²) in [7, 11) is 0. The van der Waals surface area contributed by atoms with E-state index in [1.165, 1.54) is 6.07 Å². The number of nitrogens with two attached hydrogens (primary N) is 1. The molecule has 1 aliphatic rings. The minimum absolute atomic E-state index is 0.0478. The van der Waals surface area contributed by atoms with E-state index in [2.05, 4.69) is 15.0 Å². The average Bonchev–Trinajstić information content (AvgIpc) is 2.99. The summed E-state index contributed by atoms with van der Waals surface area (Å²) < 4.78 is 5.18. The highest BCUT2D eigenvalue weighted by atomic mass is 16.5. The van der Waals surface area contributed by atoms with Crippen molar-refractivity contribution in [2.75, 3.05) is 23.7 Å². The predicted molar refractivity (Wildman–Crippen MR) is 67.3 cm³/mol. The van der Waals surface area contributed by atoms with E-state index >= 15 is 0 Å². The molecule has 0 amide bonds. The number of phenolic OH excluding ortho intramolecular Hbond substituents is 1. The molecular formula is C12H14N4O2. The minimum Gasteiger partial charge on any atom is -0.507 e. The van der Waals surface area contributed by atoms with Crippen molar-refractivity contribution in [2.24, 2.45) is 0 Å². The van der Waals surface area contributed by atoms with Crippen LogP contribution < -0.4 is 10.6 Å². The lowest BCUT2D eigenvalue weighted by Gasteiger charge is -2.09. The van der Waals surface area contributed by atoms with Gasteiger partial charge in [0.25, 0.3) is 11.8 Å². The van der Waals surface area contributed by atoms with E-state index in [1.54, 1.807) is 12.1 Å². The molecule has 94 valence electrons. The van der Waals surface area contributed by atoms with Gasteiger partial charge in [-0.3, -0.25) is 0 Å². The molecule has 3 rings (SSSR count). The van der Waals surface area contributed by atoms with Crippen LogP contribution in [0.2, 0.25) is 0 Å². The summed E-state index contributed by atoms with van der Waals surface area (Å²) in [4.78, 5) is 6.37. The number of nitrogen functional groups attached to an aromatic ring is 1. The molecule has 0 saturated carbocycles. The summed E-state index contributed by atoms with van der Waals surface area (Å²) in [6.07, 6.45) is 2.30. The summed E-state index contributed by atoms with van der Waals surface area (Å²) in [5.74, 6) is 0.944. The molecule has 0 radical (unpaired) electrons. The first-order chi connectivity index (χ1) is 8.74. The third kappa shape index (κ3) is 1.85. The molecule has 0 spiro atoms. The second-order valence-corrected chi connectivity index (χ2v) is 4.37. The lowest BCUT2D eigenvalue weighted by atomic mass is 10.2. The second kappa shape index (κ2) is 4.21. The molecule has 1 aromatic carbocycles. The molecule has 3 N–H and O–H groups in total. The van der Waals surface area contributed by atoms with Crippen molar-refractivity contribution < 1.29 is 9.63 Å². The number of hydrogen-bond donors (Lipinski definition) is 2. The first-order valence-corrected chi connectivity index (χ1v) is 5.91. The monoisotopic (exact) mass is 246 g/mol. The van der Waals surface area contributed by atoms with Gasteiger partial charge in [-0.1, -0.05) is 0 Å².